The van der Waals surface area contributed by atoms with Crippen molar-refractivity contribution in [3.05, 3.63) is 96.1 Å². The number of methoxy groups -OCH3 is 1. The zero-order valence-corrected chi connectivity index (χ0v) is 17.4. The van der Waals surface area contributed by atoms with Crippen molar-refractivity contribution in [2.45, 2.75) is 6.42 Å². The summed E-state index contributed by atoms with van der Waals surface area (Å²) in [6.45, 7) is 0. The Morgan fingerprint density at radius 1 is 0.844 bits per heavy atom. The molecule has 0 bridgehead atoms. The van der Waals surface area contributed by atoms with Crippen molar-refractivity contribution < 1.29 is 24.2 Å². The van der Waals surface area contributed by atoms with E-state index in [1.165, 1.54) is 7.11 Å². The van der Waals surface area contributed by atoms with Crippen LogP contribution in [0.4, 0.5) is 5.69 Å². The minimum absolute atomic E-state index is 0.148. The van der Waals surface area contributed by atoms with Gasteiger partial charge < -0.3 is 19.9 Å². The zero-order valence-electron chi connectivity index (χ0n) is 17.4. The number of rotatable bonds is 6. The molecule has 0 aliphatic heterocycles. The van der Waals surface area contributed by atoms with Crippen LogP contribution in [-0.4, -0.2) is 24.1 Å². The largest absolute Gasteiger partial charge is 0.508 e. The Hall–Kier alpha value is -4.32. The van der Waals surface area contributed by atoms with E-state index in [-0.39, 0.29) is 18.1 Å². The van der Waals surface area contributed by atoms with Gasteiger partial charge in [0.15, 0.2) is 0 Å². The van der Waals surface area contributed by atoms with Crippen LogP contribution in [0, 0.1) is 0 Å². The molecular weight excluding hydrogens is 406 g/mol. The first-order chi connectivity index (χ1) is 15.5. The van der Waals surface area contributed by atoms with Crippen molar-refractivity contribution in [3.8, 4) is 17.2 Å². The molecule has 32 heavy (non-hydrogen) atoms. The second kappa shape index (κ2) is 9.22. The van der Waals surface area contributed by atoms with E-state index in [1.54, 1.807) is 48.5 Å². The molecule has 0 fully saturated rings. The van der Waals surface area contributed by atoms with Crippen LogP contribution < -0.4 is 10.1 Å². The molecule has 6 nitrogen and oxygen atoms in total. The Bertz CT molecular complexity index is 1280. The van der Waals surface area contributed by atoms with Crippen LogP contribution in [-0.2, 0) is 16.0 Å². The molecule has 0 heterocycles. The van der Waals surface area contributed by atoms with Gasteiger partial charge in [-0.1, -0.05) is 36.4 Å². The van der Waals surface area contributed by atoms with Crippen LogP contribution in [0.2, 0.25) is 0 Å². The number of anilines is 1. The maximum Gasteiger partial charge on any atom is 0.339 e. The molecule has 6 heteroatoms. The summed E-state index contributed by atoms with van der Waals surface area (Å²) in [4.78, 5) is 24.3. The number of phenols is 1. The van der Waals surface area contributed by atoms with Gasteiger partial charge in [0, 0.05) is 0 Å². The number of phenolic OH excluding ortho intramolecular Hbond substituents is 1. The van der Waals surface area contributed by atoms with Gasteiger partial charge in [-0.25, -0.2) is 4.79 Å². The molecule has 0 saturated carbocycles. The lowest BCUT2D eigenvalue weighted by molar-refractivity contribution is -0.115. The fourth-order valence-corrected chi connectivity index (χ4v) is 3.35. The Morgan fingerprint density at radius 2 is 1.53 bits per heavy atom. The van der Waals surface area contributed by atoms with Gasteiger partial charge in [-0.05, 0) is 64.9 Å². The highest BCUT2D eigenvalue weighted by Gasteiger charge is 2.13. The van der Waals surface area contributed by atoms with Crippen LogP contribution in [0.3, 0.4) is 0 Å². The Balaban J connectivity index is 1.40. The molecule has 2 N–H and O–H groups in total. The van der Waals surface area contributed by atoms with Crippen LogP contribution >= 0.6 is 0 Å². The van der Waals surface area contributed by atoms with E-state index in [1.807, 2.05) is 36.4 Å². The average Bonchev–Trinajstić information content (AvgIpc) is 2.80. The predicted octanol–water partition coefficient (Wildman–Crippen LogP) is 5.31. The van der Waals surface area contributed by atoms with E-state index >= 15 is 0 Å². The first-order valence-electron chi connectivity index (χ1n) is 9.98. The van der Waals surface area contributed by atoms with Crippen molar-refractivity contribution in [2.75, 3.05) is 12.4 Å². The lowest BCUT2D eigenvalue weighted by Crippen LogP contribution is -2.17. The highest BCUT2D eigenvalue weighted by Crippen LogP contribution is 2.28. The fourth-order valence-electron chi connectivity index (χ4n) is 3.35. The van der Waals surface area contributed by atoms with E-state index in [0.717, 1.165) is 16.3 Å². The van der Waals surface area contributed by atoms with E-state index in [2.05, 4.69) is 5.32 Å². The predicted molar refractivity (Wildman–Crippen MR) is 122 cm³/mol. The number of carbonyl (C=O) groups excluding carboxylic acids is 2. The molecule has 0 aromatic heterocycles. The summed E-state index contributed by atoms with van der Waals surface area (Å²) in [5.74, 6) is 0.789. The van der Waals surface area contributed by atoms with Crippen molar-refractivity contribution in [3.63, 3.8) is 0 Å². The standard InChI is InChI=1S/C26H21NO5/c1-31-26(30)23-4-2-3-5-24(23)27-25(29)14-17-6-11-21(12-7-17)32-22-13-9-18-15-20(28)10-8-19(18)16-22/h2-13,15-16,28H,14H2,1H3,(H,27,29). The van der Waals surface area contributed by atoms with Gasteiger partial charge in [-0.15, -0.1) is 0 Å². The van der Waals surface area contributed by atoms with Crippen molar-refractivity contribution in [1.82, 2.24) is 0 Å². The van der Waals surface area contributed by atoms with Gasteiger partial charge in [-0.3, -0.25) is 4.79 Å². The number of hydrogen-bond acceptors (Lipinski definition) is 5. The van der Waals surface area contributed by atoms with Gasteiger partial charge in [0.05, 0.1) is 24.8 Å². The third kappa shape index (κ3) is 4.87. The van der Waals surface area contributed by atoms with Gasteiger partial charge in [0.2, 0.25) is 5.91 Å². The molecule has 0 unspecified atom stereocenters. The summed E-state index contributed by atoms with van der Waals surface area (Å²) in [7, 11) is 1.30. The monoisotopic (exact) mass is 427 g/mol. The van der Waals surface area contributed by atoms with Gasteiger partial charge >= 0.3 is 5.97 Å². The molecular formula is C26H21NO5. The van der Waals surface area contributed by atoms with Gasteiger partial charge in [0.1, 0.15) is 17.2 Å². The van der Waals surface area contributed by atoms with Crippen molar-refractivity contribution >= 4 is 28.3 Å². The summed E-state index contributed by atoms with van der Waals surface area (Å²) < 4.78 is 10.7. The maximum absolute atomic E-state index is 12.5. The normalized spacial score (nSPS) is 10.5. The lowest BCUT2D eigenvalue weighted by atomic mass is 10.1. The first-order valence-corrected chi connectivity index (χ1v) is 9.98. The van der Waals surface area contributed by atoms with Crippen molar-refractivity contribution in [1.29, 1.82) is 0 Å². The number of benzene rings is 4. The molecule has 0 spiro atoms. The Morgan fingerprint density at radius 3 is 2.31 bits per heavy atom. The first kappa shape index (κ1) is 20.9. The number of esters is 1. The third-order valence-corrected chi connectivity index (χ3v) is 4.93. The fraction of sp³-hybridized carbons (Fsp3) is 0.0769. The van der Waals surface area contributed by atoms with Gasteiger partial charge in [0.25, 0.3) is 0 Å². The quantitative estimate of drug-likeness (QED) is 0.408. The Labute approximate surface area is 185 Å². The summed E-state index contributed by atoms with van der Waals surface area (Å²) in [5.41, 5.74) is 1.52. The molecule has 0 saturated heterocycles. The second-order valence-corrected chi connectivity index (χ2v) is 7.20. The highest BCUT2D eigenvalue weighted by molar-refractivity contribution is 6.01. The van der Waals surface area contributed by atoms with Crippen LogP contribution in [0.5, 0.6) is 17.2 Å². The molecule has 0 atom stereocenters. The summed E-state index contributed by atoms with van der Waals surface area (Å²) >= 11 is 0. The van der Waals surface area contributed by atoms with Crippen LogP contribution in [0.15, 0.2) is 84.9 Å². The molecule has 0 aliphatic carbocycles. The number of ether oxygens (including phenoxy) is 2. The number of fused-ring (bicyclic) bond motifs is 1. The number of nitrogens with one attached hydrogen (secondary N) is 1. The number of carbonyl (C=O) groups is 2. The summed E-state index contributed by atoms with van der Waals surface area (Å²) in [5, 5.41) is 14.2. The molecule has 4 aromatic rings. The SMILES string of the molecule is COC(=O)c1ccccc1NC(=O)Cc1ccc(Oc2ccc3cc(O)ccc3c2)cc1. The average molecular weight is 427 g/mol. The minimum atomic E-state index is -0.507. The summed E-state index contributed by atoms with van der Waals surface area (Å²) in [6.07, 6.45) is 0.148. The maximum atomic E-state index is 12.5. The topological polar surface area (TPSA) is 84.9 Å². The third-order valence-electron chi connectivity index (χ3n) is 4.93. The molecule has 0 radical (unpaired) electrons. The zero-order chi connectivity index (χ0) is 22.5. The number of amides is 1. The number of hydrogen-bond donors (Lipinski definition) is 2. The van der Waals surface area contributed by atoms with E-state index in [9.17, 15) is 14.7 Å². The molecule has 1 amide bonds. The molecule has 4 rings (SSSR count). The van der Waals surface area contributed by atoms with Crippen LogP contribution in [0.1, 0.15) is 15.9 Å². The van der Waals surface area contributed by atoms with Crippen LogP contribution in [0.25, 0.3) is 10.8 Å². The number of para-hydroxylation sites is 1. The van der Waals surface area contributed by atoms with Gasteiger partial charge in [-0.2, -0.15) is 0 Å². The molecule has 0 aliphatic rings. The Kier molecular flexibility index (Phi) is 6.03. The van der Waals surface area contributed by atoms with E-state index in [4.69, 9.17) is 9.47 Å². The number of aromatic hydroxyl groups is 1. The van der Waals surface area contributed by atoms with E-state index in [0.29, 0.717) is 22.7 Å². The highest BCUT2D eigenvalue weighted by atomic mass is 16.5. The molecule has 4 aromatic carbocycles. The summed E-state index contributed by atoms with van der Waals surface area (Å²) in [6, 6.07) is 24.7. The van der Waals surface area contributed by atoms with Crippen molar-refractivity contribution in [2.24, 2.45) is 0 Å². The lowest BCUT2D eigenvalue weighted by Gasteiger charge is -2.10. The second-order valence-electron chi connectivity index (χ2n) is 7.20. The smallest absolute Gasteiger partial charge is 0.339 e. The molecule has 160 valence electrons. The van der Waals surface area contributed by atoms with E-state index < -0.39 is 5.97 Å². The minimum Gasteiger partial charge on any atom is -0.508 e.